The van der Waals surface area contributed by atoms with Crippen LogP contribution in [0.3, 0.4) is 0 Å². The van der Waals surface area contributed by atoms with E-state index in [0.29, 0.717) is 19.5 Å². The highest BCUT2D eigenvalue weighted by Crippen LogP contribution is 2.09. The van der Waals surface area contributed by atoms with Gasteiger partial charge in [0.05, 0.1) is 6.04 Å². The Bertz CT molecular complexity index is 217. The summed E-state index contributed by atoms with van der Waals surface area (Å²) in [6.45, 7) is 2.98. The lowest BCUT2D eigenvalue weighted by molar-refractivity contribution is -0.129. The molecule has 1 atom stereocenters. The molecule has 1 aliphatic heterocycles. The van der Waals surface area contributed by atoms with Gasteiger partial charge in [-0.3, -0.25) is 4.79 Å². The predicted octanol–water partition coefficient (Wildman–Crippen LogP) is 0.265. The van der Waals surface area contributed by atoms with Crippen LogP contribution in [0.15, 0.2) is 0 Å². The average Bonchev–Trinajstić information content (AvgIpc) is 2.50. The van der Waals surface area contributed by atoms with Crippen LogP contribution in [0.4, 0.5) is 4.79 Å². The van der Waals surface area contributed by atoms with Crippen LogP contribution in [0.5, 0.6) is 0 Å². The topological polar surface area (TPSA) is 69.6 Å². The van der Waals surface area contributed by atoms with Gasteiger partial charge in [0.1, 0.15) is 0 Å². The number of rotatable bonds is 2. The van der Waals surface area contributed by atoms with Gasteiger partial charge in [0.15, 0.2) is 0 Å². The first-order valence-electron chi connectivity index (χ1n) is 4.40. The summed E-state index contributed by atoms with van der Waals surface area (Å²) in [6.07, 6.45) is 0.188. The van der Waals surface area contributed by atoms with E-state index in [-0.39, 0.29) is 11.9 Å². The monoisotopic (exact) mass is 186 g/mol. The maximum Gasteiger partial charge on any atom is 0.404 e. The molecule has 13 heavy (non-hydrogen) atoms. The van der Waals surface area contributed by atoms with Gasteiger partial charge < -0.3 is 15.3 Å². The first-order valence-corrected chi connectivity index (χ1v) is 4.40. The maximum atomic E-state index is 11.2. The molecule has 1 rings (SSSR count). The summed E-state index contributed by atoms with van der Waals surface area (Å²) in [5.74, 6) is 0.0923. The van der Waals surface area contributed by atoms with Gasteiger partial charge in [-0.15, -0.1) is 0 Å². The fourth-order valence-electron chi connectivity index (χ4n) is 1.50. The van der Waals surface area contributed by atoms with E-state index in [1.54, 1.807) is 11.8 Å². The van der Waals surface area contributed by atoms with Crippen LogP contribution >= 0.6 is 0 Å². The number of nitrogens with one attached hydrogen (secondary N) is 1. The van der Waals surface area contributed by atoms with E-state index in [9.17, 15) is 9.59 Å². The lowest BCUT2D eigenvalue weighted by atomic mass is 10.3. The third-order valence-electron chi connectivity index (χ3n) is 2.17. The minimum absolute atomic E-state index is 0.0898. The van der Waals surface area contributed by atoms with Crippen molar-refractivity contribution in [3.05, 3.63) is 0 Å². The number of carbonyl (C=O) groups excluding carboxylic acids is 1. The number of nitrogens with zero attached hydrogens (tertiary/aromatic N) is 1. The maximum absolute atomic E-state index is 11.2. The van der Waals surface area contributed by atoms with E-state index in [4.69, 9.17) is 5.11 Å². The fraction of sp³-hybridized carbons (Fsp3) is 0.750. The van der Waals surface area contributed by atoms with Crippen molar-refractivity contribution in [2.75, 3.05) is 13.1 Å². The van der Waals surface area contributed by atoms with Gasteiger partial charge in [0.2, 0.25) is 5.91 Å². The van der Waals surface area contributed by atoms with Crippen molar-refractivity contribution in [1.82, 2.24) is 10.2 Å². The number of carbonyl (C=O) groups is 2. The Morgan fingerprint density at radius 2 is 2.31 bits per heavy atom. The van der Waals surface area contributed by atoms with Crippen molar-refractivity contribution < 1.29 is 14.7 Å². The van der Waals surface area contributed by atoms with Gasteiger partial charge in [-0.05, 0) is 6.42 Å². The third kappa shape index (κ3) is 2.61. The molecule has 0 saturated carbocycles. The van der Waals surface area contributed by atoms with Gasteiger partial charge >= 0.3 is 6.09 Å². The van der Waals surface area contributed by atoms with Gasteiger partial charge in [0.25, 0.3) is 0 Å². The van der Waals surface area contributed by atoms with Gasteiger partial charge in [-0.1, -0.05) is 6.92 Å². The first-order chi connectivity index (χ1) is 6.13. The van der Waals surface area contributed by atoms with Crippen molar-refractivity contribution in [3.8, 4) is 0 Å². The molecule has 5 heteroatoms. The van der Waals surface area contributed by atoms with E-state index in [0.717, 1.165) is 6.42 Å². The molecule has 0 aromatic rings. The highest BCUT2D eigenvalue weighted by atomic mass is 16.4. The predicted molar refractivity (Wildman–Crippen MR) is 46.4 cm³/mol. The molecule has 0 spiro atoms. The normalized spacial score (nSPS) is 21.6. The standard InChI is InChI=1S/C8H14N2O3/c1-2-7(11)10-4-3-6(5-10)9-8(12)13/h6,9H,2-5H2,1H3,(H,12,13). The second-order valence-electron chi connectivity index (χ2n) is 3.13. The van der Waals surface area contributed by atoms with Crippen molar-refractivity contribution in [3.63, 3.8) is 0 Å². The van der Waals surface area contributed by atoms with Gasteiger partial charge in [-0.25, -0.2) is 4.79 Å². The van der Waals surface area contributed by atoms with E-state index in [1.165, 1.54) is 0 Å². The van der Waals surface area contributed by atoms with E-state index in [2.05, 4.69) is 5.32 Å². The molecule has 1 unspecified atom stereocenters. The van der Waals surface area contributed by atoms with Crippen LogP contribution in [-0.4, -0.2) is 41.1 Å². The molecule has 0 aromatic carbocycles. The second-order valence-corrected chi connectivity index (χ2v) is 3.13. The third-order valence-corrected chi connectivity index (χ3v) is 2.17. The van der Waals surface area contributed by atoms with E-state index < -0.39 is 6.09 Å². The molecule has 1 saturated heterocycles. The van der Waals surface area contributed by atoms with Crippen molar-refractivity contribution in [1.29, 1.82) is 0 Å². The minimum atomic E-state index is -1.02. The molecule has 74 valence electrons. The highest BCUT2D eigenvalue weighted by molar-refractivity contribution is 5.76. The van der Waals surface area contributed by atoms with Crippen LogP contribution in [0, 0.1) is 0 Å². The zero-order chi connectivity index (χ0) is 9.84. The molecule has 2 N–H and O–H groups in total. The summed E-state index contributed by atoms with van der Waals surface area (Å²) in [4.78, 5) is 23.2. The quantitative estimate of drug-likeness (QED) is 0.650. The summed E-state index contributed by atoms with van der Waals surface area (Å²) in [5, 5.41) is 10.8. The molecular weight excluding hydrogens is 172 g/mol. The Morgan fingerprint density at radius 3 is 2.85 bits per heavy atom. The summed E-state index contributed by atoms with van der Waals surface area (Å²) >= 11 is 0. The summed E-state index contributed by atoms with van der Waals surface area (Å²) in [5.41, 5.74) is 0. The first kappa shape index (κ1) is 9.83. The summed E-state index contributed by atoms with van der Waals surface area (Å²) in [6, 6.07) is -0.0898. The van der Waals surface area contributed by atoms with Crippen LogP contribution in [0.2, 0.25) is 0 Å². The van der Waals surface area contributed by atoms with Gasteiger partial charge in [-0.2, -0.15) is 0 Å². The molecule has 0 radical (unpaired) electrons. The molecule has 0 aliphatic carbocycles. The van der Waals surface area contributed by atoms with Crippen molar-refractivity contribution in [2.24, 2.45) is 0 Å². The Kier molecular flexibility index (Phi) is 3.11. The van der Waals surface area contributed by atoms with Crippen LogP contribution in [0.25, 0.3) is 0 Å². The number of hydrogen-bond acceptors (Lipinski definition) is 2. The Morgan fingerprint density at radius 1 is 1.62 bits per heavy atom. The summed E-state index contributed by atoms with van der Waals surface area (Å²) < 4.78 is 0. The molecule has 0 bridgehead atoms. The molecule has 0 aromatic heterocycles. The lowest BCUT2D eigenvalue weighted by Gasteiger charge is -2.15. The molecule has 1 fully saturated rings. The van der Waals surface area contributed by atoms with Crippen LogP contribution in [0.1, 0.15) is 19.8 Å². The largest absolute Gasteiger partial charge is 0.465 e. The second kappa shape index (κ2) is 4.11. The zero-order valence-corrected chi connectivity index (χ0v) is 7.62. The van der Waals surface area contributed by atoms with Crippen molar-refractivity contribution >= 4 is 12.0 Å². The molecule has 1 aliphatic rings. The molecule has 2 amide bonds. The molecule has 1 heterocycles. The average molecular weight is 186 g/mol. The van der Waals surface area contributed by atoms with Crippen LogP contribution < -0.4 is 5.32 Å². The molecular formula is C8H14N2O3. The Hall–Kier alpha value is -1.26. The highest BCUT2D eigenvalue weighted by Gasteiger charge is 2.25. The van der Waals surface area contributed by atoms with Crippen molar-refractivity contribution in [2.45, 2.75) is 25.8 Å². The smallest absolute Gasteiger partial charge is 0.404 e. The Balaban J connectivity index is 2.36. The Labute approximate surface area is 76.7 Å². The number of carboxylic acid groups (broad SMARTS) is 1. The zero-order valence-electron chi connectivity index (χ0n) is 7.62. The number of amides is 2. The minimum Gasteiger partial charge on any atom is -0.465 e. The van der Waals surface area contributed by atoms with E-state index in [1.807, 2.05) is 0 Å². The lowest BCUT2D eigenvalue weighted by Crippen LogP contribution is -2.37. The number of likely N-dealkylation sites (tertiary alicyclic amines) is 1. The van der Waals surface area contributed by atoms with Crippen LogP contribution in [-0.2, 0) is 4.79 Å². The van der Waals surface area contributed by atoms with Gasteiger partial charge in [0, 0.05) is 19.5 Å². The fourth-order valence-corrected chi connectivity index (χ4v) is 1.50. The SMILES string of the molecule is CCC(=O)N1CCC(NC(=O)O)C1. The molecule has 5 nitrogen and oxygen atoms in total. The van der Waals surface area contributed by atoms with E-state index >= 15 is 0 Å². The summed E-state index contributed by atoms with van der Waals surface area (Å²) in [7, 11) is 0. The number of hydrogen-bond donors (Lipinski definition) is 2.